The molecule has 0 aliphatic rings. The van der Waals surface area contributed by atoms with Crippen LogP contribution in [-0.2, 0) is 11.3 Å². The lowest BCUT2D eigenvalue weighted by Crippen LogP contribution is -2.33. The molecule has 0 aliphatic heterocycles. The van der Waals surface area contributed by atoms with E-state index in [1.54, 1.807) is 18.2 Å². The zero-order valence-electron chi connectivity index (χ0n) is 8.71. The molecule has 6 nitrogen and oxygen atoms in total. The number of hydrogen-bond acceptors (Lipinski definition) is 4. The zero-order valence-corrected chi connectivity index (χ0v) is 8.71. The maximum absolute atomic E-state index is 10.7. The molecule has 1 rings (SSSR count). The Balaban J connectivity index is 2.74. The van der Waals surface area contributed by atoms with Crippen LogP contribution in [0.5, 0.6) is 0 Å². The summed E-state index contributed by atoms with van der Waals surface area (Å²) in [5.41, 5.74) is 0.466. The zero-order chi connectivity index (χ0) is 12.1. The molecule has 1 aromatic rings. The van der Waals surface area contributed by atoms with E-state index in [1.165, 1.54) is 13.0 Å². The third-order valence-electron chi connectivity index (χ3n) is 2.16. The SMILES string of the molecule is C[C@@H](NCc1ccccc1[N+](=O)[O-])C(=O)O. The second kappa shape index (κ2) is 5.22. The normalized spacial score (nSPS) is 12.1. The third kappa shape index (κ3) is 3.03. The van der Waals surface area contributed by atoms with Gasteiger partial charge in [0, 0.05) is 18.2 Å². The molecule has 0 radical (unpaired) electrons. The van der Waals surface area contributed by atoms with Crippen LogP contribution in [0.1, 0.15) is 12.5 Å². The summed E-state index contributed by atoms with van der Waals surface area (Å²) in [4.78, 5) is 20.7. The van der Waals surface area contributed by atoms with Crippen molar-refractivity contribution in [1.29, 1.82) is 0 Å². The molecule has 0 unspecified atom stereocenters. The summed E-state index contributed by atoms with van der Waals surface area (Å²) in [6, 6.07) is 5.50. The van der Waals surface area contributed by atoms with Crippen molar-refractivity contribution in [2.24, 2.45) is 0 Å². The number of hydrogen-bond donors (Lipinski definition) is 2. The van der Waals surface area contributed by atoms with Gasteiger partial charge in [-0.3, -0.25) is 14.9 Å². The molecule has 0 heterocycles. The fourth-order valence-electron chi connectivity index (χ4n) is 1.19. The van der Waals surface area contributed by atoms with Crippen LogP contribution in [0.4, 0.5) is 5.69 Å². The highest BCUT2D eigenvalue weighted by atomic mass is 16.6. The molecule has 1 atom stereocenters. The molecular weight excluding hydrogens is 212 g/mol. The molecule has 86 valence electrons. The van der Waals surface area contributed by atoms with Crippen LogP contribution in [0.15, 0.2) is 24.3 Å². The van der Waals surface area contributed by atoms with Gasteiger partial charge in [0.2, 0.25) is 0 Å². The van der Waals surface area contributed by atoms with E-state index in [0.717, 1.165) is 0 Å². The van der Waals surface area contributed by atoms with Crippen LogP contribution in [-0.4, -0.2) is 22.0 Å². The largest absolute Gasteiger partial charge is 0.480 e. The number of carbonyl (C=O) groups is 1. The maximum Gasteiger partial charge on any atom is 0.320 e. The monoisotopic (exact) mass is 224 g/mol. The number of nitro groups is 1. The topological polar surface area (TPSA) is 92.5 Å². The highest BCUT2D eigenvalue weighted by Crippen LogP contribution is 2.17. The van der Waals surface area contributed by atoms with Gasteiger partial charge in [-0.1, -0.05) is 18.2 Å². The minimum Gasteiger partial charge on any atom is -0.480 e. The van der Waals surface area contributed by atoms with Gasteiger partial charge in [-0.2, -0.15) is 0 Å². The van der Waals surface area contributed by atoms with E-state index in [1.807, 2.05) is 0 Å². The van der Waals surface area contributed by atoms with Crippen LogP contribution >= 0.6 is 0 Å². The van der Waals surface area contributed by atoms with Crippen LogP contribution in [0.25, 0.3) is 0 Å². The summed E-state index contributed by atoms with van der Waals surface area (Å²) in [6.45, 7) is 1.64. The second-order valence-corrected chi connectivity index (χ2v) is 3.33. The molecule has 0 spiro atoms. The summed E-state index contributed by atoms with van der Waals surface area (Å²) in [6.07, 6.45) is 0. The first-order chi connectivity index (χ1) is 7.52. The minimum absolute atomic E-state index is 0.00686. The Bertz CT molecular complexity index is 406. The summed E-state index contributed by atoms with van der Waals surface area (Å²) in [5.74, 6) is -0.987. The summed E-state index contributed by atoms with van der Waals surface area (Å²) in [5, 5.41) is 22.0. The number of carboxylic acids is 1. The van der Waals surface area contributed by atoms with Crippen molar-refractivity contribution in [2.75, 3.05) is 0 Å². The van der Waals surface area contributed by atoms with E-state index in [9.17, 15) is 14.9 Å². The molecule has 0 bridgehead atoms. The van der Waals surface area contributed by atoms with E-state index in [4.69, 9.17) is 5.11 Å². The third-order valence-corrected chi connectivity index (χ3v) is 2.16. The van der Waals surface area contributed by atoms with Gasteiger partial charge in [0.15, 0.2) is 0 Å². The Labute approximate surface area is 92.0 Å². The average Bonchev–Trinajstić information content (AvgIpc) is 2.25. The van der Waals surface area contributed by atoms with Crippen LogP contribution in [0, 0.1) is 10.1 Å². The van der Waals surface area contributed by atoms with E-state index in [0.29, 0.717) is 5.56 Å². The van der Waals surface area contributed by atoms with Crippen molar-refractivity contribution in [3.8, 4) is 0 Å². The first-order valence-corrected chi connectivity index (χ1v) is 4.71. The molecule has 0 saturated carbocycles. The number of nitro benzene ring substituents is 1. The highest BCUT2D eigenvalue weighted by Gasteiger charge is 2.15. The van der Waals surface area contributed by atoms with Crippen LogP contribution in [0.2, 0.25) is 0 Å². The van der Waals surface area contributed by atoms with Gasteiger partial charge in [0.25, 0.3) is 5.69 Å². The standard InChI is InChI=1S/C10H12N2O4/c1-7(10(13)14)11-6-8-4-2-3-5-9(8)12(15)16/h2-5,7,11H,6H2,1H3,(H,13,14)/t7-/m1/s1. The van der Waals surface area contributed by atoms with Crippen molar-refractivity contribution < 1.29 is 14.8 Å². The molecule has 1 aromatic carbocycles. The van der Waals surface area contributed by atoms with E-state index in [2.05, 4.69) is 5.32 Å². The molecule has 6 heteroatoms. The van der Waals surface area contributed by atoms with Gasteiger partial charge in [-0.05, 0) is 6.92 Å². The highest BCUT2D eigenvalue weighted by molar-refractivity contribution is 5.72. The van der Waals surface area contributed by atoms with Gasteiger partial charge in [-0.25, -0.2) is 0 Å². The predicted molar refractivity (Wildman–Crippen MR) is 57.0 cm³/mol. The average molecular weight is 224 g/mol. The number of rotatable bonds is 5. The number of para-hydroxylation sites is 1. The molecule has 0 fully saturated rings. The number of nitrogens with zero attached hydrogens (tertiary/aromatic N) is 1. The van der Waals surface area contributed by atoms with Gasteiger partial charge < -0.3 is 10.4 Å². The van der Waals surface area contributed by atoms with E-state index in [-0.39, 0.29) is 12.2 Å². The van der Waals surface area contributed by atoms with Crippen molar-refractivity contribution in [3.05, 3.63) is 39.9 Å². The van der Waals surface area contributed by atoms with Gasteiger partial charge in [0.1, 0.15) is 6.04 Å². The Morgan fingerprint density at radius 2 is 2.19 bits per heavy atom. The molecule has 0 saturated heterocycles. The summed E-state index contributed by atoms with van der Waals surface area (Å²) in [7, 11) is 0. The molecule has 0 amide bonds. The number of carboxylic acid groups (broad SMARTS) is 1. The van der Waals surface area contributed by atoms with Crippen molar-refractivity contribution in [3.63, 3.8) is 0 Å². The number of benzene rings is 1. The Morgan fingerprint density at radius 1 is 1.56 bits per heavy atom. The molecule has 0 aromatic heterocycles. The lowest BCUT2D eigenvalue weighted by molar-refractivity contribution is -0.385. The fraction of sp³-hybridized carbons (Fsp3) is 0.300. The number of nitrogens with one attached hydrogen (secondary N) is 1. The maximum atomic E-state index is 10.7. The molecule has 0 aliphatic carbocycles. The van der Waals surface area contributed by atoms with Crippen molar-refractivity contribution >= 4 is 11.7 Å². The Hall–Kier alpha value is -1.95. The Morgan fingerprint density at radius 3 is 2.75 bits per heavy atom. The predicted octanol–water partition coefficient (Wildman–Crippen LogP) is 1.16. The summed E-state index contributed by atoms with van der Waals surface area (Å²) < 4.78 is 0. The van der Waals surface area contributed by atoms with Gasteiger partial charge in [-0.15, -0.1) is 0 Å². The fourth-order valence-corrected chi connectivity index (χ4v) is 1.19. The molecule has 2 N–H and O–H groups in total. The van der Waals surface area contributed by atoms with E-state index >= 15 is 0 Å². The number of aliphatic carboxylic acids is 1. The lowest BCUT2D eigenvalue weighted by Gasteiger charge is -2.08. The first kappa shape index (κ1) is 12.1. The second-order valence-electron chi connectivity index (χ2n) is 3.33. The van der Waals surface area contributed by atoms with E-state index < -0.39 is 16.9 Å². The smallest absolute Gasteiger partial charge is 0.320 e. The van der Waals surface area contributed by atoms with Gasteiger partial charge >= 0.3 is 5.97 Å². The van der Waals surface area contributed by atoms with Gasteiger partial charge in [0.05, 0.1) is 4.92 Å². The van der Waals surface area contributed by atoms with Crippen molar-refractivity contribution in [2.45, 2.75) is 19.5 Å². The lowest BCUT2D eigenvalue weighted by atomic mass is 10.1. The van der Waals surface area contributed by atoms with Crippen LogP contribution < -0.4 is 5.32 Å². The van der Waals surface area contributed by atoms with Crippen molar-refractivity contribution in [1.82, 2.24) is 5.32 Å². The van der Waals surface area contributed by atoms with Crippen LogP contribution in [0.3, 0.4) is 0 Å². The quantitative estimate of drug-likeness (QED) is 0.578. The Kier molecular flexibility index (Phi) is 3.96. The first-order valence-electron chi connectivity index (χ1n) is 4.71. The molecule has 16 heavy (non-hydrogen) atoms. The summed E-state index contributed by atoms with van der Waals surface area (Å²) >= 11 is 0. The minimum atomic E-state index is -0.987. The molecular formula is C10H12N2O4.